The molecule has 0 saturated carbocycles. The number of rotatable bonds is 9. The fourth-order valence-corrected chi connectivity index (χ4v) is 4.63. The van der Waals surface area contributed by atoms with E-state index in [1.54, 1.807) is 12.1 Å². The van der Waals surface area contributed by atoms with Gasteiger partial charge in [0.2, 0.25) is 0 Å². The van der Waals surface area contributed by atoms with Crippen molar-refractivity contribution in [3.8, 4) is 5.75 Å². The predicted molar refractivity (Wildman–Crippen MR) is 144 cm³/mol. The number of nitrogens with one attached hydrogen (secondary N) is 1. The van der Waals surface area contributed by atoms with Crippen LogP contribution in [0.2, 0.25) is 0 Å². The molecule has 0 saturated heterocycles. The molecule has 4 aromatic rings. The van der Waals surface area contributed by atoms with E-state index in [1.807, 2.05) is 62.4 Å². The molecule has 0 radical (unpaired) electrons. The molecule has 1 heterocycles. The average Bonchev–Trinajstić information content (AvgIpc) is 2.91. The van der Waals surface area contributed by atoms with Crippen LogP contribution in [-0.4, -0.2) is 11.7 Å². The van der Waals surface area contributed by atoms with Crippen LogP contribution in [-0.2, 0) is 29.2 Å². The molecule has 2 atom stereocenters. The maximum absolute atomic E-state index is 13.3. The monoisotopic (exact) mass is 497 g/mol. The van der Waals surface area contributed by atoms with Crippen molar-refractivity contribution >= 4 is 5.69 Å². The van der Waals surface area contributed by atoms with Gasteiger partial charge in [0.1, 0.15) is 29.4 Å². The van der Waals surface area contributed by atoms with Crippen molar-refractivity contribution in [1.82, 2.24) is 0 Å². The van der Waals surface area contributed by atoms with Crippen molar-refractivity contribution in [2.45, 2.75) is 51.4 Å². The Balaban J connectivity index is 1.41. The number of anilines is 1. The summed E-state index contributed by atoms with van der Waals surface area (Å²) in [5.41, 5.74) is 4.46. The van der Waals surface area contributed by atoms with Gasteiger partial charge in [-0.25, -0.2) is 4.39 Å². The third-order valence-corrected chi connectivity index (χ3v) is 6.60. The van der Waals surface area contributed by atoms with Gasteiger partial charge in [-0.3, -0.25) is 0 Å². The second-order valence-corrected chi connectivity index (χ2v) is 9.87. The minimum atomic E-state index is -0.605. The van der Waals surface area contributed by atoms with Crippen LogP contribution in [0, 0.1) is 5.82 Å². The van der Waals surface area contributed by atoms with Crippen molar-refractivity contribution in [2.24, 2.45) is 0 Å². The average molecular weight is 498 g/mol. The van der Waals surface area contributed by atoms with Crippen LogP contribution in [0.5, 0.6) is 5.75 Å². The third-order valence-electron chi connectivity index (χ3n) is 6.60. The zero-order valence-electron chi connectivity index (χ0n) is 21.2. The summed E-state index contributed by atoms with van der Waals surface area (Å²) in [6, 6.07) is 32.9. The number of hydrogen-bond donors (Lipinski definition) is 1. The standard InChI is InChI=1S/C32H32FNO3/c1-32(2)31(36-22-25-11-7-4-8-12-25)30(35-21-24-9-5-3-6-10-24)28-19-27(17-18-29(28)37-32)34-20-23-13-15-26(33)16-14-23/h3-19,30-31,34H,20-22H2,1-2H3. The molecule has 1 aliphatic rings. The minimum Gasteiger partial charge on any atom is -0.485 e. The summed E-state index contributed by atoms with van der Waals surface area (Å²) in [5, 5.41) is 3.44. The summed E-state index contributed by atoms with van der Waals surface area (Å²) in [7, 11) is 0. The lowest BCUT2D eigenvalue weighted by molar-refractivity contribution is -0.170. The highest BCUT2D eigenvalue weighted by Gasteiger charge is 2.45. The Morgan fingerprint density at radius 1 is 0.757 bits per heavy atom. The zero-order chi connectivity index (χ0) is 25.7. The van der Waals surface area contributed by atoms with E-state index in [2.05, 4.69) is 35.6 Å². The topological polar surface area (TPSA) is 39.7 Å². The molecule has 0 aromatic heterocycles. The van der Waals surface area contributed by atoms with E-state index >= 15 is 0 Å². The largest absolute Gasteiger partial charge is 0.485 e. The Morgan fingerprint density at radius 2 is 1.38 bits per heavy atom. The molecule has 4 nitrogen and oxygen atoms in total. The molecule has 190 valence electrons. The van der Waals surface area contributed by atoms with E-state index in [-0.39, 0.29) is 18.0 Å². The maximum Gasteiger partial charge on any atom is 0.132 e. The van der Waals surface area contributed by atoms with Crippen molar-refractivity contribution in [3.63, 3.8) is 0 Å². The van der Waals surface area contributed by atoms with Crippen LogP contribution >= 0.6 is 0 Å². The van der Waals surface area contributed by atoms with Crippen molar-refractivity contribution in [2.75, 3.05) is 5.32 Å². The molecule has 0 spiro atoms. The predicted octanol–water partition coefficient (Wildman–Crippen LogP) is 7.45. The van der Waals surface area contributed by atoms with Crippen LogP contribution in [0.1, 0.15) is 42.2 Å². The normalized spacial score (nSPS) is 18.0. The van der Waals surface area contributed by atoms with E-state index in [4.69, 9.17) is 14.2 Å². The molecular formula is C32H32FNO3. The van der Waals surface area contributed by atoms with Crippen molar-refractivity contribution in [1.29, 1.82) is 0 Å². The molecule has 5 rings (SSSR count). The number of benzene rings is 4. The van der Waals surface area contributed by atoms with Crippen LogP contribution in [0.4, 0.5) is 10.1 Å². The lowest BCUT2D eigenvalue weighted by Gasteiger charge is -2.44. The van der Waals surface area contributed by atoms with E-state index in [9.17, 15) is 4.39 Å². The molecule has 4 aromatic carbocycles. The van der Waals surface area contributed by atoms with Gasteiger partial charge in [-0.2, -0.15) is 0 Å². The molecule has 1 N–H and O–H groups in total. The van der Waals surface area contributed by atoms with Crippen LogP contribution in [0.25, 0.3) is 0 Å². The first-order valence-corrected chi connectivity index (χ1v) is 12.6. The molecule has 0 bridgehead atoms. The molecule has 1 aliphatic heterocycles. The van der Waals surface area contributed by atoms with Gasteiger partial charge in [-0.15, -0.1) is 0 Å². The van der Waals surface area contributed by atoms with Gasteiger partial charge in [0.15, 0.2) is 0 Å². The van der Waals surface area contributed by atoms with Gasteiger partial charge in [0, 0.05) is 17.8 Å². The summed E-state index contributed by atoms with van der Waals surface area (Å²) in [4.78, 5) is 0. The SMILES string of the molecule is CC1(C)Oc2ccc(NCc3ccc(F)cc3)cc2C(OCc2ccccc2)C1OCc1ccccc1. The lowest BCUT2D eigenvalue weighted by atomic mass is 9.87. The van der Waals surface area contributed by atoms with Gasteiger partial charge in [0.25, 0.3) is 0 Å². The summed E-state index contributed by atoms with van der Waals surface area (Å²) in [6.45, 7) is 5.59. The van der Waals surface area contributed by atoms with Gasteiger partial charge in [-0.05, 0) is 60.9 Å². The van der Waals surface area contributed by atoms with Crippen LogP contribution in [0.15, 0.2) is 103 Å². The number of ether oxygens (including phenoxy) is 3. The van der Waals surface area contributed by atoms with Gasteiger partial charge in [0.05, 0.1) is 13.2 Å². The zero-order valence-corrected chi connectivity index (χ0v) is 21.2. The first-order chi connectivity index (χ1) is 18.0. The van der Waals surface area contributed by atoms with Crippen molar-refractivity contribution < 1.29 is 18.6 Å². The van der Waals surface area contributed by atoms with E-state index < -0.39 is 5.60 Å². The van der Waals surface area contributed by atoms with E-state index in [0.29, 0.717) is 19.8 Å². The number of fused-ring (bicyclic) bond motifs is 1. The Morgan fingerprint density at radius 3 is 2.03 bits per heavy atom. The van der Waals surface area contributed by atoms with E-state index in [0.717, 1.165) is 33.7 Å². The molecule has 37 heavy (non-hydrogen) atoms. The van der Waals surface area contributed by atoms with E-state index in [1.165, 1.54) is 12.1 Å². The maximum atomic E-state index is 13.3. The second kappa shape index (κ2) is 11.2. The quantitative estimate of drug-likeness (QED) is 0.261. The Bertz CT molecular complexity index is 1290. The molecule has 0 fully saturated rings. The summed E-state index contributed by atoms with van der Waals surface area (Å²) >= 11 is 0. The van der Waals surface area contributed by atoms with Gasteiger partial charge >= 0.3 is 0 Å². The fraction of sp³-hybridized carbons (Fsp3) is 0.250. The summed E-state index contributed by atoms with van der Waals surface area (Å²) in [5.74, 6) is 0.548. The smallest absolute Gasteiger partial charge is 0.132 e. The first kappa shape index (κ1) is 25.0. The molecule has 2 unspecified atom stereocenters. The molecule has 5 heteroatoms. The fourth-order valence-electron chi connectivity index (χ4n) is 4.63. The van der Waals surface area contributed by atoms with Crippen LogP contribution < -0.4 is 10.1 Å². The Kier molecular flexibility index (Phi) is 7.54. The number of halogens is 1. The minimum absolute atomic E-state index is 0.239. The van der Waals surface area contributed by atoms with Crippen LogP contribution in [0.3, 0.4) is 0 Å². The summed E-state index contributed by atoms with van der Waals surface area (Å²) < 4.78 is 32.9. The highest BCUT2D eigenvalue weighted by molar-refractivity contribution is 5.54. The summed E-state index contributed by atoms with van der Waals surface area (Å²) in [6.07, 6.45) is -0.675. The molecule has 0 aliphatic carbocycles. The Hall–Kier alpha value is -3.67. The van der Waals surface area contributed by atoms with Crippen molar-refractivity contribution in [3.05, 3.63) is 131 Å². The third kappa shape index (κ3) is 6.19. The Labute approximate surface area is 218 Å². The number of hydrogen-bond acceptors (Lipinski definition) is 4. The highest BCUT2D eigenvalue weighted by Crippen LogP contribution is 2.45. The molecular weight excluding hydrogens is 465 g/mol. The molecule has 0 amide bonds. The first-order valence-electron chi connectivity index (χ1n) is 12.6. The van der Waals surface area contributed by atoms with Gasteiger partial charge < -0.3 is 19.5 Å². The second-order valence-electron chi connectivity index (χ2n) is 9.87. The lowest BCUT2D eigenvalue weighted by Crippen LogP contribution is -2.50. The van der Waals surface area contributed by atoms with Gasteiger partial charge in [-0.1, -0.05) is 72.8 Å². The highest BCUT2D eigenvalue weighted by atomic mass is 19.1.